The van der Waals surface area contributed by atoms with Gasteiger partial charge in [-0.25, -0.2) is 4.98 Å². The van der Waals surface area contributed by atoms with Crippen LogP contribution in [0, 0.1) is 10.1 Å². The summed E-state index contributed by atoms with van der Waals surface area (Å²) in [6.45, 7) is 0. The first-order valence-corrected chi connectivity index (χ1v) is 7.74. The molecule has 0 saturated heterocycles. The van der Waals surface area contributed by atoms with E-state index < -0.39 is 10.7 Å². The van der Waals surface area contributed by atoms with Crippen molar-refractivity contribution in [2.75, 3.05) is 11.1 Å². The molecule has 3 rings (SSSR count). The van der Waals surface area contributed by atoms with E-state index in [1.807, 2.05) is 30.3 Å². The molecule has 24 heavy (non-hydrogen) atoms. The predicted molar refractivity (Wildman–Crippen MR) is 92.8 cm³/mol. The highest BCUT2D eigenvalue weighted by molar-refractivity contribution is 7.18. The van der Waals surface area contributed by atoms with Crippen LogP contribution in [0.4, 0.5) is 22.3 Å². The number of carbonyl (C=O) groups excluding carboxylic acids is 1. The number of ketones is 1. The van der Waals surface area contributed by atoms with E-state index in [0.717, 1.165) is 17.0 Å². The van der Waals surface area contributed by atoms with Crippen molar-refractivity contribution in [3.63, 3.8) is 0 Å². The molecule has 0 aliphatic carbocycles. The van der Waals surface area contributed by atoms with Crippen LogP contribution in [0.1, 0.15) is 15.2 Å². The Morgan fingerprint density at radius 2 is 1.79 bits per heavy atom. The number of aromatic nitrogens is 1. The number of carbonyl (C=O) groups is 1. The molecule has 0 radical (unpaired) electrons. The van der Waals surface area contributed by atoms with Crippen LogP contribution in [0.3, 0.4) is 0 Å². The Morgan fingerprint density at radius 1 is 1.12 bits per heavy atom. The highest BCUT2D eigenvalue weighted by Gasteiger charge is 2.24. The number of rotatable bonds is 5. The van der Waals surface area contributed by atoms with Crippen LogP contribution in [0.2, 0.25) is 0 Å². The monoisotopic (exact) mass is 340 g/mol. The lowest BCUT2D eigenvalue weighted by molar-refractivity contribution is -0.385. The van der Waals surface area contributed by atoms with Gasteiger partial charge in [-0.2, -0.15) is 0 Å². The van der Waals surface area contributed by atoms with Crippen molar-refractivity contribution in [1.82, 2.24) is 4.98 Å². The second-order valence-electron chi connectivity index (χ2n) is 4.83. The van der Waals surface area contributed by atoms with E-state index >= 15 is 0 Å². The molecule has 0 bridgehead atoms. The van der Waals surface area contributed by atoms with E-state index in [9.17, 15) is 14.9 Å². The molecule has 0 saturated carbocycles. The summed E-state index contributed by atoms with van der Waals surface area (Å²) in [5.74, 6) is -0.472. The first-order valence-electron chi connectivity index (χ1n) is 6.93. The van der Waals surface area contributed by atoms with Crippen LogP contribution in [0.15, 0.2) is 54.6 Å². The average molecular weight is 340 g/mol. The Bertz CT molecular complexity index is 909. The van der Waals surface area contributed by atoms with E-state index in [0.29, 0.717) is 5.13 Å². The Kier molecular flexibility index (Phi) is 4.21. The maximum absolute atomic E-state index is 12.6. The molecule has 3 aromatic rings. The van der Waals surface area contributed by atoms with Gasteiger partial charge in [-0.15, -0.1) is 0 Å². The first kappa shape index (κ1) is 15.6. The molecule has 0 atom stereocenters. The summed E-state index contributed by atoms with van der Waals surface area (Å²) in [5.41, 5.74) is 6.36. The van der Waals surface area contributed by atoms with Gasteiger partial charge in [0, 0.05) is 11.8 Å². The van der Waals surface area contributed by atoms with Gasteiger partial charge < -0.3 is 11.1 Å². The van der Waals surface area contributed by atoms with Crippen molar-refractivity contribution in [2.24, 2.45) is 0 Å². The number of nitro groups is 1. The molecule has 0 fully saturated rings. The Morgan fingerprint density at radius 3 is 2.50 bits per heavy atom. The summed E-state index contributed by atoms with van der Waals surface area (Å²) < 4.78 is 0. The zero-order valence-electron chi connectivity index (χ0n) is 12.3. The molecule has 0 unspecified atom stereocenters. The average Bonchev–Trinajstić information content (AvgIpc) is 2.95. The number of hydrogen-bond donors (Lipinski definition) is 2. The number of nitrogen functional groups attached to an aromatic ring is 1. The summed E-state index contributed by atoms with van der Waals surface area (Å²) in [5, 5.41) is 14.6. The molecular formula is C16H12N4O3S. The molecule has 3 N–H and O–H groups in total. The van der Waals surface area contributed by atoms with Gasteiger partial charge in [0.1, 0.15) is 16.3 Å². The zero-order chi connectivity index (χ0) is 17.1. The van der Waals surface area contributed by atoms with Crippen molar-refractivity contribution in [3.8, 4) is 0 Å². The summed E-state index contributed by atoms with van der Waals surface area (Å²) in [7, 11) is 0. The van der Waals surface area contributed by atoms with Crippen LogP contribution >= 0.6 is 11.3 Å². The Balaban J connectivity index is 1.93. The second-order valence-corrected chi connectivity index (χ2v) is 5.83. The SMILES string of the molecule is Nc1nc(Nc2ccccc2)sc1C(=O)c1ccccc1[N+](=O)[O-]. The number of para-hydroxylation sites is 2. The molecule has 2 aromatic carbocycles. The Labute approximate surface area is 140 Å². The number of nitro benzene ring substituents is 1. The van der Waals surface area contributed by atoms with Crippen LogP contribution < -0.4 is 11.1 Å². The smallest absolute Gasteiger partial charge is 0.280 e. The summed E-state index contributed by atoms with van der Waals surface area (Å²) in [6, 6.07) is 15.1. The molecule has 0 spiro atoms. The number of thiazole rings is 1. The minimum absolute atomic E-state index is 0.0101. The minimum Gasteiger partial charge on any atom is -0.382 e. The molecule has 7 nitrogen and oxygen atoms in total. The van der Waals surface area contributed by atoms with Crippen molar-refractivity contribution >= 4 is 39.4 Å². The first-order chi connectivity index (χ1) is 11.6. The Hall–Kier alpha value is -3.26. The number of nitrogens with two attached hydrogens (primary N) is 1. The number of benzene rings is 2. The van der Waals surface area contributed by atoms with E-state index in [4.69, 9.17) is 5.73 Å². The third-order valence-corrected chi connectivity index (χ3v) is 4.22. The largest absolute Gasteiger partial charge is 0.382 e. The number of nitrogens with zero attached hydrogens (tertiary/aromatic N) is 2. The van der Waals surface area contributed by atoms with Gasteiger partial charge in [-0.05, 0) is 18.2 Å². The lowest BCUT2D eigenvalue weighted by Crippen LogP contribution is -2.06. The van der Waals surface area contributed by atoms with Crippen molar-refractivity contribution in [3.05, 3.63) is 75.2 Å². The predicted octanol–water partition coefficient (Wildman–Crippen LogP) is 3.61. The maximum atomic E-state index is 12.6. The highest BCUT2D eigenvalue weighted by atomic mass is 32.1. The second kappa shape index (κ2) is 6.47. The van der Waals surface area contributed by atoms with Crippen LogP contribution in [0.5, 0.6) is 0 Å². The van der Waals surface area contributed by atoms with Crippen molar-refractivity contribution < 1.29 is 9.72 Å². The molecule has 1 heterocycles. The normalized spacial score (nSPS) is 10.3. The number of anilines is 3. The van der Waals surface area contributed by atoms with Crippen molar-refractivity contribution in [1.29, 1.82) is 0 Å². The van der Waals surface area contributed by atoms with E-state index in [1.54, 1.807) is 6.07 Å². The van der Waals surface area contributed by atoms with E-state index in [-0.39, 0.29) is 21.9 Å². The van der Waals surface area contributed by atoms with Crippen LogP contribution in [-0.2, 0) is 0 Å². The lowest BCUT2D eigenvalue weighted by Gasteiger charge is -2.01. The molecular weight excluding hydrogens is 328 g/mol. The molecule has 0 aliphatic heterocycles. The van der Waals surface area contributed by atoms with Crippen LogP contribution in [-0.4, -0.2) is 15.7 Å². The minimum atomic E-state index is -0.590. The van der Waals surface area contributed by atoms with Gasteiger partial charge in [0.15, 0.2) is 5.13 Å². The van der Waals surface area contributed by atoms with Crippen LogP contribution in [0.25, 0.3) is 0 Å². The molecule has 1 aromatic heterocycles. The standard InChI is InChI=1S/C16H12N4O3S/c17-15-14(13(21)11-8-4-5-9-12(11)20(22)23)24-16(19-15)18-10-6-2-1-3-7-10/h1-9H,17H2,(H,18,19). The third-order valence-electron chi connectivity index (χ3n) is 3.23. The quantitative estimate of drug-likeness (QED) is 0.417. The number of nitrogens with one attached hydrogen (secondary N) is 1. The molecule has 120 valence electrons. The van der Waals surface area contributed by atoms with Gasteiger partial charge in [0.2, 0.25) is 5.78 Å². The fraction of sp³-hybridized carbons (Fsp3) is 0. The van der Waals surface area contributed by atoms with Gasteiger partial charge in [-0.1, -0.05) is 41.7 Å². The fourth-order valence-corrected chi connectivity index (χ4v) is 3.00. The van der Waals surface area contributed by atoms with Gasteiger partial charge in [-0.3, -0.25) is 14.9 Å². The zero-order valence-corrected chi connectivity index (χ0v) is 13.1. The van der Waals surface area contributed by atoms with Gasteiger partial charge >= 0.3 is 0 Å². The summed E-state index contributed by atoms with van der Waals surface area (Å²) >= 11 is 1.06. The maximum Gasteiger partial charge on any atom is 0.280 e. The topological polar surface area (TPSA) is 111 Å². The summed E-state index contributed by atoms with van der Waals surface area (Å²) in [6.07, 6.45) is 0. The van der Waals surface area contributed by atoms with E-state index in [2.05, 4.69) is 10.3 Å². The van der Waals surface area contributed by atoms with Crippen molar-refractivity contribution in [2.45, 2.75) is 0 Å². The summed E-state index contributed by atoms with van der Waals surface area (Å²) in [4.78, 5) is 27.4. The van der Waals surface area contributed by atoms with Gasteiger partial charge in [0.25, 0.3) is 5.69 Å². The molecule has 0 aliphatic rings. The third kappa shape index (κ3) is 3.08. The van der Waals surface area contributed by atoms with Gasteiger partial charge in [0.05, 0.1) is 4.92 Å². The highest BCUT2D eigenvalue weighted by Crippen LogP contribution is 2.31. The number of hydrogen-bond acceptors (Lipinski definition) is 7. The molecule has 0 amide bonds. The molecule has 8 heteroatoms. The van der Waals surface area contributed by atoms with E-state index in [1.165, 1.54) is 18.2 Å². The fourth-order valence-electron chi connectivity index (χ4n) is 2.14. The lowest BCUT2D eigenvalue weighted by atomic mass is 10.1.